The van der Waals surface area contributed by atoms with E-state index in [2.05, 4.69) is 21.2 Å². The lowest BCUT2D eigenvalue weighted by molar-refractivity contribution is -0.138. The molecule has 2 N–H and O–H groups in total. The van der Waals surface area contributed by atoms with Gasteiger partial charge in [0.25, 0.3) is 0 Å². The number of aliphatic carboxylic acids is 1. The average Bonchev–Trinajstić information content (AvgIpc) is 2.39. The van der Waals surface area contributed by atoms with Crippen LogP contribution in [0.3, 0.4) is 0 Å². The van der Waals surface area contributed by atoms with Crippen molar-refractivity contribution < 1.29 is 19.1 Å². The van der Waals surface area contributed by atoms with E-state index in [1.807, 2.05) is 6.92 Å². The molecule has 0 atom stereocenters. The van der Waals surface area contributed by atoms with E-state index in [-0.39, 0.29) is 18.9 Å². The number of carbonyl (C=O) groups excluding carboxylic acids is 1. The molecule has 0 unspecified atom stereocenters. The number of halogens is 2. The van der Waals surface area contributed by atoms with Gasteiger partial charge in [-0.25, -0.2) is 4.39 Å². The van der Waals surface area contributed by atoms with Crippen LogP contribution in [0.2, 0.25) is 0 Å². The highest BCUT2D eigenvalue weighted by atomic mass is 79.9. The predicted molar refractivity (Wildman–Crippen MR) is 75.7 cm³/mol. The van der Waals surface area contributed by atoms with Crippen molar-refractivity contribution in [2.24, 2.45) is 0 Å². The van der Waals surface area contributed by atoms with Crippen molar-refractivity contribution >= 4 is 27.8 Å². The first-order chi connectivity index (χ1) is 9.42. The number of hydrogen-bond acceptors (Lipinski definition) is 3. The topological polar surface area (TPSA) is 69.6 Å². The Morgan fingerprint density at radius 2 is 2.15 bits per heavy atom. The van der Waals surface area contributed by atoms with Crippen molar-refractivity contribution in [3.63, 3.8) is 0 Å². The second-order valence-corrected chi connectivity index (χ2v) is 5.13. The Bertz CT molecular complexity index is 497. The first kappa shape index (κ1) is 16.6. The smallest absolute Gasteiger partial charge is 0.322 e. The van der Waals surface area contributed by atoms with Crippen molar-refractivity contribution in [2.75, 3.05) is 19.6 Å². The van der Waals surface area contributed by atoms with Gasteiger partial charge in [0.2, 0.25) is 5.91 Å². The quantitative estimate of drug-likeness (QED) is 0.786. The lowest BCUT2D eigenvalue weighted by Crippen LogP contribution is -2.39. The molecule has 0 radical (unpaired) electrons. The summed E-state index contributed by atoms with van der Waals surface area (Å²) in [6, 6.07) is 4.62. The van der Waals surface area contributed by atoms with Crippen molar-refractivity contribution in [3.05, 3.63) is 34.1 Å². The first-order valence-electron chi connectivity index (χ1n) is 6.07. The second-order valence-electron chi connectivity index (χ2n) is 4.21. The highest BCUT2D eigenvalue weighted by Crippen LogP contribution is 2.17. The van der Waals surface area contributed by atoms with Gasteiger partial charge in [0.15, 0.2) is 0 Å². The predicted octanol–water partition coefficient (Wildman–Crippen LogP) is 1.61. The van der Waals surface area contributed by atoms with Gasteiger partial charge in [-0.2, -0.15) is 0 Å². The van der Waals surface area contributed by atoms with Crippen LogP contribution < -0.4 is 5.32 Å². The van der Waals surface area contributed by atoms with E-state index in [1.165, 1.54) is 6.07 Å². The van der Waals surface area contributed by atoms with Gasteiger partial charge < -0.3 is 10.4 Å². The number of carboxylic acids is 1. The van der Waals surface area contributed by atoms with E-state index in [0.717, 1.165) is 4.47 Å². The highest BCUT2D eigenvalue weighted by molar-refractivity contribution is 9.10. The maximum absolute atomic E-state index is 13.6. The monoisotopic (exact) mass is 346 g/mol. The van der Waals surface area contributed by atoms with Crippen LogP contribution in [0, 0.1) is 5.82 Å². The molecule has 0 saturated heterocycles. The molecule has 0 spiro atoms. The number of likely N-dealkylation sites (N-methyl/N-ethyl adjacent to an activating group) is 1. The van der Waals surface area contributed by atoms with Gasteiger partial charge in [0, 0.05) is 16.6 Å². The lowest BCUT2D eigenvalue weighted by atomic mass is 10.2. The number of carboxylic acid groups (broad SMARTS) is 1. The number of amides is 1. The Kier molecular flexibility index (Phi) is 6.60. The summed E-state index contributed by atoms with van der Waals surface area (Å²) in [6.07, 6.45) is 0. The molecule has 20 heavy (non-hydrogen) atoms. The molecular weight excluding hydrogens is 331 g/mol. The molecule has 0 aliphatic heterocycles. The van der Waals surface area contributed by atoms with E-state index >= 15 is 0 Å². The zero-order valence-electron chi connectivity index (χ0n) is 11.0. The molecule has 0 aromatic heterocycles. The van der Waals surface area contributed by atoms with Crippen molar-refractivity contribution in [1.29, 1.82) is 0 Å². The van der Waals surface area contributed by atoms with Crippen molar-refractivity contribution in [3.8, 4) is 0 Å². The van der Waals surface area contributed by atoms with E-state index < -0.39 is 18.4 Å². The zero-order valence-corrected chi connectivity index (χ0v) is 12.6. The molecule has 0 aliphatic carbocycles. The van der Waals surface area contributed by atoms with Crippen LogP contribution in [0.25, 0.3) is 0 Å². The molecule has 7 heteroatoms. The van der Waals surface area contributed by atoms with E-state index in [9.17, 15) is 14.0 Å². The molecule has 0 heterocycles. The van der Waals surface area contributed by atoms with E-state index in [4.69, 9.17) is 5.11 Å². The molecule has 0 aliphatic rings. The maximum atomic E-state index is 13.6. The molecule has 110 valence electrons. The van der Waals surface area contributed by atoms with Crippen LogP contribution in [-0.4, -0.2) is 41.5 Å². The molecule has 0 bridgehead atoms. The molecule has 0 saturated carbocycles. The number of rotatable bonds is 7. The average molecular weight is 347 g/mol. The van der Waals surface area contributed by atoms with Gasteiger partial charge >= 0.3 is 5.97 Å². The fourth-order valence-corrected chi connectivity index (χ4v) is 2.03. The summed E-state index contributed by atoms with van der Waals surface area (Å²) in [5, 5.41) is 10.7. The summed E-state index contributed by atoms with van der Waals surface area (Å²) in [6.45, 7) is 2.28. The summed E-state index contributed by atoms with van der Waals surface area (Å²) in [5.74, 6) is -1.83. The van der Waals surface area contributed by atoms with Crippen LogP contribution in [0.1, 0.15) is 12.5 Å². The Labute approximate surface area is 124 Å². The minimum Gasteiger partial charge on any atom is -0.480 e. The van der Waals surface area contributed by atoms with Gasteiger partial charge in [0.1, 0.15) is 12.4 Å². The van der Waals surface area contributed by atoms with Crippen LogP contribution in [0.15, 0.2) is 22.7 Å². The van der Waals surface area contributed by atoms with Gasteiger partial charge in [-0.1, -0.05) is 22.9 Å². The van der Waals surface area contributed by atoms with Gasteiger partial charge in [-0.3, -0.25) is 14.5 Å². The SMILES string of the molecule is CCN(CC(=O)NCC(=O)O)Cc1cc(Br)ccc1F. The molecule has 0 fully saturated rings. The number of hydrogen-bond donors (Lipinski definition) is 2. The van der Waals surface area contributed by atoms with Crippen LogP contribution in [0.4, 0.5) is 4.39 Å². The number of nitrogens with zero attached hydrogens (tertiary/aromatic N) is 1. The summed E-state index contributed by atoms with van der Waals surface area (Å²) in [4.78, 5) is 23.6. The van der Waals surface area contributed by atoms with Gasteiger partial charge in [0.05, 0.1) is 6.54 Å². The van der Waals surface area contributed by atoms with Gasteiger partial charge in [-0.05, 0) is 24.7 Å². The third-order valence-electron chi connectivity index (χ3n) is 2.65. The Morgan fingerprint density at radius 3 is 2.75 bits per heavy atom. The third-order valence-corrected chi connectivity index (χ3v) is 3.15. The van der Waals surface area contributed by atoms with E-state index in [0.29, 0.717) is 12.1 Å². The van der Waals surface area contributed by atoms with Crippen LogP contribution >= 0.6 is 15.9 Å². The van der Waals surface area contributed by atoms with Crippen LogP contribution in [0.5, 0.6) is 0 Å². The van der Waals surface area contributed by atoms with Crippen molar-refractivity contribution in [1.82, 2.24) is 10.2 Å². The molecule has 5 nitrogen and oxygen atoms in total. The Balaban J connectivity index is 2.60. The normalized spacial score (nSPS) is 10.6. The summed E-state index contributed by atoms with van der Waals surface area (Å²) < 4.78 is 14.4. The standard InChI is InChI=1S/C13H16BrFN2O3/c1-2-17(8-12(18)16-6-13(19)20)7-9-5-10(14)3-4-11(9)15/h3-5H,2,6-8H2,1H3,(H,16,18)(H,19,20). The lowest BCUT2D eigenvalue weighted by Gasteiger charge is -2.20. The summed E-state index contributed by atoms with van der Waals surface area (Å²) >= 11 is 3.27. The van der Waals surface area contributed by atoms with Gasteiger partial charge in [-0.15, -0.1) is 0 Å². The van der Waals surface area contributed by atoms with Crippen LogP contribution in [-0.2, 0) is 16.1 Å². The molecule has 1 aromatic carbocycles. The highest BCUT2D eigenvalue weighted by Gasteiger charge is 2.13. The Hall–Kier alpha value is -1.47. The maximum Gasteiger partial charge on any atom is 0.322 e. The zero-order chi connectivity index (χ0) is 15.1. The fourth-order valence-electron chi connectivity index (χ4n) is 1.62. The minimum atomic E-state index is -1.10. The molecule has 1 rings (SSSR count). The molecule has 1 aromatic rings. The third kappa shape index (κ3) is 5.66. The molecular formula is C13H16BrFN2O3. The van der Waals surface area contributed by atoms with Crippen molar-refractivity contribution in [2.45, 2.75) is 13.5 Å². The first-order valence-corrected chi connectivity index (χ1v) is 6.86. The second kappa shape index (κ2) is 7.96. The summed E-state index contributed by atoms with van der Waals surface area (Å²) in [5.41, 5.74) is 0.479. The minimum absolute atomic E-state index is 0.0235. The Morgan fingerprint density at radius 1 is 1.45 bits per heavy atom. The largest absolute Gasteiger partial charge is 0.480 e. The number of nitrogens with one attached hydrogen (secondary N) is 1. The molecule has 1 amide bonds. The number of benzene rings is 1. The fraction of sp³-hybridized carbons (Fsp3) is 0.385. The number of carbonyl (C=O) groups is 2. The summed E-state index contributed by atoms with van der Waals surface area (Å²) in [7, 11) is 0. The van der Waals surface area contributed by atoms with E-state index in [1.54, 1.807) is 17.0 Å².